The fourth-order valence-electron chi connectivity index (χ4n) is 4.02. The Morgan fingerprint density at radius 1 is 1.03 bits per heavy atom. The summed E-state index contributed by atoms with van der Waals surface area (Å²) in [5.74, 6) is -1.10. The molecule has 0 bridgehead atoms. The van der Waals surface area contributed by atoms with Crippen LogP contribution in [-0.4, -0.2) is 29.9 Å². The van der Waals surface area contributed by atoms with Crippen LogP contribution >= 0.6 is 28.1 Å². The van der Waals surface area contributed by atoms with Crippen molar-refractivity contribution in [3.63, 3.8) is 0 Å². The SMILES string of the molecule is Cc1cc(Br)ccc1N1C(=O)/C(=C/c2cc(C)n(-c3ccc(S(N)(=O)=O)cc3)c2C)C(=O)NC1=S. The average molecular weight is 573 g/mol. The molecule has 1 fully saturated rings. The highest BCUT2D eigenvalue weighted by Crippen LogP contribution is 2.29. The van der Waals surface area contributed by atoms with E-state index >= 15 is 0 Å². The predicted octanol–water partition coefficient (Wildman–Crippen LogP) is 3.64. The van der Waals surface area contributed by atoms with Crippen molar-refractivity contribution in [2.75, 3.05) is 4.90 Å². The quantitative estimate of drug-likeness (QED) is 0.281. The maximum absolute atomic E-state index is 13.4. The fourth-order valence-corrected chi connectivity index (χ4v) is 5.28. The summed E-state index contributed by atoms with van der Waals surface area (Å²) in [6.45, 7) is 5.57. The molecule has 2 amide bonds. The Bertz CT molecular complexity index is 1540. The second-order valence-electron chi connectivity index (χ2n) is 8.09. The minimum absolute atomic E-state index is 0.00909. The molecule has 0 aliphatic carbocycles. The zero-order valence-corrected chi connectivity index (χ0v) is 22.2. The minimum atomic E-state index is -3.80. The van der Waals surface area contributed by atoms with Crippen LogP contribution in [-0.2, 0) is 19.6 Å². The molecule has 1 aliphatic heterocycles. The Labute approximate surface area is 216 Å². The molecule has 2 heterocycles. The number of rotatable bonds is 4. The second kappa shape index (κ2) is 9.15. The van der Waals surface area contributed by atoms with E-state index < -0.39 is 21.8 Å². The maximum atomic E-state index is 13.4. The predicted molar refractivity (Wildman–Crippen MR) is 142 cm³/mol. The Balaban J connectivity index is 1.75. The zero-order valence-electron chi connectivity index (χ0n) is 19.0. The maximum Gasteiger partial charge on any atom is 0.270 e. The van der Waals surface area contributed by atoms with Crippen LogP contribution in [0, 0.1) is 20.8 Å². The van der Waals surface area contributed by atoms with Crippen molar-refractivity contribution in [1.29, 1.82) is 0 Å². The van der Waals surface area contributed by atoms with Gasteiger partial charge in [0, 0.05) is 21.5 Å². The molecule has 11 heteroatoms. The number of hydrogen-bond acceptors (Lipinski definition) is 5. The number of nitrogens with one attached hydrogen (secondary N) is 1. The first-order valence-electron chi connectivity index (χ1n) is 10.4. The van der Waals surface area contributed by atoms with Gasteiger partial charge in [-0.1, -0.05) is 15.9 Å². The van der Waals surface area contributed by atoms with E-state index in [1.807, 2.05) is 37.5 Å². The topological polar surface area (TPSA) is 114 Å². The van der Waals surface area contributed by atoms with Gasteiger partial charge in [0.05, 0.1) is 10.6 Å². The van der Waals surface area contributed by atoms with Crippen LogP contribution in [0.4, 0.5) is 5.69 Å². The Hall–Kier alpha value is -3.12. The van der Waals surface area contributed by atoms with E-state index in [0.717, 1.165) is 21.4 Å². The summed E-state index contributed by atoms with van der Waals surface area (Å²) in [4.78, 5) is 27.5. The van der Waals surface area contributed by atoms with Gasteiger partial charge in [0.25, 0.3) is 11.8 Å². The molecule has 0 saturated carbocycles. The number of anilines is 1. The molecule has 3 aromatic rings. The second-order valence-corrected chi connectivity index (χ2v) is 11.0. The van der Waals surface area contributed by atoms with Crippen LogP contribution in [0.1, 0.15) is 22.5 Å². The molecule has 180 valence electrons. The van der Waals surface area contributed by atoms with Gasteiger partial charge in [-0.3, -0.25) is 19.8 Å². The molecular formula is C24H21BrN4O4S2. The van der Waals surface area contributed by atoms with Gasteiger partial charge in [-0.2, -0.15) is 0 Å². The van der Waals surface area contributed by atoms with Gasteiger partial charge in [-0.05, 0) is 98.7 Å². The fraction of sp³-hybridized carbons (Fsp3) is 0.125. The van der Waals surface area contributed by atoms with Crippen LogP contribution < -0.4 is 15.4 Å². The minimum Gasteiger partial charge on any atom is -0.318 e. The van der Waals surface area contributed by atoms with Crippen molar-refractivity contribution in [2.24, 2.45) is 5.14 Å². The van der Waals surface area contributed by atoms with Gasteiger partial charge < -0.3 is 4.57 Å². The van der Waals surface area contributed by atoms with Gasteiger partial charge in [0.1, 0.15) is 5.57 Å². The zero-order chi connectivity index (χ0) is 25.7. The molecular weight excluding hydrogens is 552 g/mol. The molecule has 1 aliphatic rings. The highest BCUT2D eigenvalue weighted by atomic mass is 79.9. The van der Waals surface area contributed by atoms with Gasteiger partial charge in [0.15, 0.2) is 5.11 Å². The number of halogens is 1. The smallest absolute Gasteiger partial charge is 0.270 e. The Kier molecular flexibility index (Phi) is 6.54. The first kappa shape index (κ1) is 25.0. The molecule has 3 N–H and O–H groups in total. The third-order valence-electron chi connectivity index (χ3n) is 5.69. The molecule has 0 spiro atoms. The van der Waals surface area contributed by atoms with Crippen LogP contribution in [0.2, 0.25) is 0 Å². The number of sulfonamides is 1. The van der Waals surface area contributed by atoms with Gasteiger partial charge in [0.2, 0.25) is 10.0 Å². The van der Waals surface area contributed by atoms with Crippen LogP contribution in [0.25, 0.3) is 11.8 Å². The van der Waals surface area contributed by atoms with Crippen molar-refractivity contribution in [2.45, 2.75) is 25.7 Å². The first-order chi connectivity index (χ1) is 16.4. The number of thiocarbonyl (C=S) groups is 1. The summed E-state index contributed by atoms with van der Waals surface area (Å²) in [5.41, 5.74) is 4.31. The van der Waals surface area contributed by atoms with E-state index in [4.69, 9.17) is 17.4 Å². The van der Waals surface area contributed by atoms with Crippen molar-refractivity contribution in [3.8, 4) is 5.69 Å². The number of aryl methyl sites for hydroxylation is 2. The molecule has 0 radical (unpaired) electrons. The van der Waals surface area contributed by atoms with E-state index in [2.05, 4.69) is 21.2 Å². The summed E-state index contributed by atoms with van der Waals surface area (Å²) >= 11 is 8.71. The van der Waals surface area contributed by atoms with E-state index in [1.54, 1.807) is 24.3 Å². The highest BCUT2D eigenvalue weighted by molar-refractivity contribution is 9.10. The normalized spacial score (nSPS) is 15.6. The number of nitrogens with zero attached hydrogens (tertiary/aromatic N) is 2. The molecule has 0 unspecified atom stereocenters. The van der Waals surface area contributed by atoms with Gasteiger partial charge in [-0.25, -0.2) is 13.6 Å². The molecule has 8 nitrogen and oxygen atoms in total. The third kappa shape index (κ3) is 4.72. The van der Waals surface area contributed by atoms with Crippen LogP contribution in [0.3, 0.4) is 0 Å². The summed E-state index contributed by atoms with van der Waals surface area (Å²) in [5, 5.41) is 7.81. The molecule has 35 heavy (non-hydrogen) atoms. The average Bonchev–Trinajstić information content (AvgIpc) is 3.04. The van der Waals surface area contributed by atoms with Crippen molar-refractivity contribution in [3.05, 3.63) is 81.1 Å². The molecule has 1 saturated heterocycles. The van der Waals surface area contributed by atoms with E-state index in [-0.39, 0.29) is 15.6 Å². The summed E-state index contributed by atoms with van der Waals surface area (Å²) in [6, 6.07) is 13.4. The van der Waals surface area contributed by atoms with E-state index in [1.165, 1.54) is 23.1 Å². The van der Waals surface area contributed by atoms with Crippen molar-refractivity contribution < 1.29 is 18.0 Å². The van der Waals surface area contributed by atoms with E-state index in [9.17, 15) is 18.0 Å². The number of hydrogen-bond donors (Lipinski definition) is 2. The Morgan fingerprint density at radius 2 is 1.69 bits per heavy atom. The molecule has 4 rings (SSSR count). The van der Waals surface area contributed by atoms with Crippen LogP contribution in [0.5, 0.6) is 0 Å². The monoisotopic (exact) mass is 572 g/mol. The molecule has 2 aromatic carbocycles. The standard InChI is InChI=1S/C24H21BrN4O4S2/c1-13-10-17(25)4-9-21(13)29-23(31)20(22(30)27-24(29)34)12-16-11-14(2)28(15(16)3)18-5-7-19(8-6-18)35(26,32)33/h4-12H,1-3H3,(H2,26,32,33)(H,27,30,34)/b20-12+. The lowest BCUT2D eigenvalue weighted by Crippen LogP contribution is -2.54. The lowest BCUT2D eigenvalue weighted by Gasteiger charge is -2.30. The van der Waals surface area contributed by atoms with Gasteiger partial charge in [-0.15, -0.1) is 0 Å². The number of amides is 2. The molecule has 1 aromatic heterocycles. The number of benzene rings is 2. The van der Waals surface area contributed by atoms with Crippen molar-refractivity contribution >= 4 is 66.9 Å². The number of nitrogens with two attached hydrogens (primary N) is 1. The number of carbonyl (C=O) groups is 2. The van der Waals surface area contributed by atoms with Crippen LogP contribution in [0.15, 0.2) is 63.5 Å². The van der Waals surface area contributed by atoms with E-state index in [0.29, 0.717) is 16.9 Å². The number of primary sulfonamides is 1. The molecule has 0 atom stereocenters. The first-order valence-corrected chi connectivity index (χ1v) is 13.1. The lowest BCUT2D eigenvalue weighted by atomic mass is 10.1. The largest absolute Gasteiger partial charge is 0.318 e. The van der Waals surface area contributed by atoms with Crippen molar-refractivity contribution in [1.82, 2.24) is 9.88 Å². The summed E-state index contributed by atoms with van der Waals surface area (Å²) in [6.07, 6.45) is 1.54. The van der Waals surface area contributed by atoms with Gasteiger partial charge >= 0.3 is 0 Å². The highest BCUT2D eigenvalue weighted by Gasteiger charge is 2.35. The third-order valence-corrected chi connectivity index (χ3v) is 7.40. The Morgan fingerprint density at radius 3 is 2.29 bits per heavy atom. The summed E-state index contributed by atoms with van der Waals surface area (Å²) < 4.78 is 25.9. The number of aromatic nitrogens is 1. The number of carbonyl (C=O) groups excluding carboxylic acids is 2. The lowest BCUT2D eigenvalue weighted by molar-refractivity contribution is -0.122. The summed E-state index contributed by atoms with van der Waals surface area (Å²) in [7, 11) is -3.80.